The predicted octanol–water partition coefficient (Wildman–Crippen LogP) is 4.65. The summed E-state index contributed by atoms with van der Waals surface area (Å²) < 4.78 is 10.6. The van der Waals surface area contributed by atoms with Crippen molar-refractivity contribution in [3.63, 3.8) is 0 Å². The van der Waals surface area contributed by atoms with Gasteiger partial charge in [0.2, 0.25) is 5.88 Å². The van der Waals surface area contributed by atoms with Crippen molar-refractivity contribution < 1.29 is 14.3 Å². The SMILES string of the molecule is COC(=O)c1ccccc1Nc1ncnc(Oc2cc(C)c(Cl)c(C)c2)c1N. The molecule has 0 spiro atoms. The van der Waals surface area contributed by atoms with Crippen molar-refractivity contribution in [1.82, 2.24) is 9.97 Å². The second-order valence-corrected chi connectivity index (χ2v) is 6.45. The summed E-state index contributed by atoms with van der Waals surface area (Å²) in [5, 5.41) is 3.72. The number of hydrogen-bond donors (Lipinski definition) is 2. The van der Waals surface area contributed by atoms with Gasteiger partial charge in [0.1, 0.15) is 17.8 Å². The fraction of sp³-hybridized carbons (Fsp3) is 0.150. The lowest BCUT2D eigenvalue weighted by molar-refractivity contribution is 0.0602. The molecule has 0 atom stereocenters. The number of carbonyl (C=O) groups is 1. The van der Waals surface area contributed by atoms with Crippen molar-refractivity contribution in [2.45, 2.75) is 13.8 Å². The summed E-state index contributed by atoms with van der Waals surface area (Å²) in [5.41, 5.74) is 9.02. The van der Waals surface area contributed by atoms with E-state index in [0.29, 0.717) is 27.8 Å². The van der Waals surface area contributed by atoms with Crippen LogP contribution in [0.4, 0.5) is 17.2 Å². The lowest BCUT2D eigenvalue weighted by atomic mass is 10.1. The van der Waals surface area contributed by atoms with Crippen LogP contribution in [0.25, 0.3) is 0 Å². The number of aryl methyl sites for hydroxylation is 2. The maximum Gasteiger partial charge on any atom is 0.339 e. The molecule has 28 heavy (non-hydrogen) atoms. The molecule has 0 radical (unpaired) electrons. The third-order valence-electron chi connectivity index (χ3n) is 4.06. The number of halogens is 1. The van der Waals surface area contributed by atoms with Gasteiger partial charge in [0.05, 0.1) is 18.4 Å². The highest BCUT2D eigenvalue weighted by atomic mass is 35.5. The second-order valence-electron chi connectivity index (χ2n) is 6.08. The molecule has 3 N–H and O–H groups in total. The van der Waals surface area contributed by atoms with Gasteiger partial charge in [0.15, 0.2) is 5.82 Å². The Kier molecular flexibility index (Phi) is 5.65. The lowest BCUT2D eigenvalue weighted by Crippen LogP contribution is -2.08. The number of ether oxygens (including phenoxy) is 2. The first-order valence-electron chi connectivity index (χ1n) is 8.40. The van der Waals surface area contributed by atoms with Crippen LogP contribution in [0, 0.1) is 13.8 Å². The summed E-state index contributed by atoms with van der Waals surface area (Å²) in [6, 6.07) is 10.5. The topological polar surface area (TPSA) is 99.4 Å². The van der Waals surface area contributed by atoms with Crippen molar-refractivity contribution in [2.24, 2.45) is 0 Å². The van der Waals surface area contributed by atoms with Crippen LogP contribution in [0.15, 0.2) is 42.7 Å². The number of anilines is 3. The van der Waals surface area contributed by atoms with Crippen LogP contribution in [0.2, 0.25) is 5.02 Å². The quantitative estimate of drug-likeness (QED) is 0.603. The van der Waals surface area contributed by atoms with Gasteiger partial charge in [-0.1, -0.05) is 23.7 Å². The number of nitrogen functional groups attached to an aromatic ring is 1. The molecule has 144 valence electrons. The molecule has 8 heteroatoms. The number of para-hydroxylation sites is 1. The molecule has 0 saturated carbocycles. The number of rotatable bonds is 5. The van der Waals surface area contributed by atoms with E-state index >= 15 is 0 Å². The fourth-order valence-electron chi connectivity index (χ4n) is 2.64. The Morgan fingerprint density at radius 1 is 1.14 bits per heavy atom. The van der Waals surface area contributed by atoms with Crippen molar-refractivity contribution in [1.29, 1.82) is 0 Å². The summed E-state index contributed by atoms with van der Waals surface area (Å²) in [7, 11) is 1.32. The minimum atomic E-state index is -0.473. The van der Waals surface area contributed by atoms with E-state index in [-0.39, 0.29) is 11.6 Å². The maximum atomic E-state index is 11.9. The number of carbonyl (C=O) groups excluding carboxylic acids is 1. The first-order chi connectivity index (χ1) is 13.4. The molecule has 1 heterocycles. The number of aromatic nitrogens is 2. The highest BCUT2D eigenvalue weighted by Crippen LogP contribution is 2.34. The molecule has 1 aromatic heterocycles. The van der Waals surface area contributed by atoms with E-state index in [2.05, 4.69) is 15.3 Å². The summed E-state index contributed by atoms with van der Waals surface area (Å²) >= 11 is 6.20. The largest absolute Gasteiger partial charge is 0.465 e. The van der Waals surface area contributed by atoms with E-state index in [1.165, 1.54) is 13.4 Å². The smallest absolute Gasteiger partial charge is 0.339 e. The number of benzene rings is 2. The van der Waals surface area contributed by atoms with Crippen molar-refractivity contribution in [3.05, 3.63) is 64.4 Å². The number of nitrogens with zero attached hydrogens (tertiary/aromatic N) is 2. The summed E-state index contributed by atoms with van der Waals surface area (Å²) in [5.74, 6) is 0.586. The van der Waals surface area contributed by atoms with Crippen molar-refractivity contribution >= 4 is 34.8 Å². The number of esters is 1. The maximum absolute atomic E-state index is 11.9. The summed E-state index contributed by atoms with van der Waals surface area (Å²) in [6.45, 7) is 3.78. The Morgan fingerprint density at radius 3 is 2.50 bits per heavy atom. The first kappa shape index (κ1) is 19.4. The third kappa shape index (κ3) is 3.99. The van der Waals surface area contributed by atoms with Gasteiger partial charge in [-0.15, -0.1) is 0 Å². The number of methoxy groups -OCH3 is 1. The van der Waals surface area contributed by atoms with Gasteiger partial charge in [-0.3, -0.25) is 0 Å². The summed E-state index contributed by atoms with van der Waals surface area (Å²) in [4.78, 5) is 20.2. The van der Waals surface area contributed by atoms with Gasteiger partial charge in [-0.25, -0.2) is 9.78 Å². The van der Waals surface area contributed by atoms with Crippen LogP contribution in [-0.4, -0.2) is 23.0 Å². The van der Waals surface area contributed by atoms with Gasteiger partial charge in [-0.2, -0.15) is 4.98 Å². The zero-order valence-electron chi connectivity index (χ0n) is 15.6. The zero-order valence-corrected chi connectivity index (χ0v) is 16.4. The lowest BCUT2D eigenvalue weighted by Gasteiger charge is -2.14. The molecule has 0 unspecified atom stereocenters. The van der Waals surface area contributed by atoms with E-state index in [1.54, 1.807) is 36.4 Å². The Balaban J connectivity index is 1.92. The minimum absolute atomic E-state index is 0.189. The zero-order chi connectivity index (χ0) is 20.3. The number of nitrogens with one attached hydrogen (secondary N) is 1. The molecular formula is C20H19ClN4O3. The second kappa shape index (κ2) is 8.14. The molecule has 0 fully saturated rings. The van der Waals surface area contributed by atoms with E-state index in [4.69, 9.17) is 26.8 Å². The molecule has 0 aliphatic heterocycles. The minimum Gasteiger partial charge on any atom is -0.465 e. The van der Waals surface area contributed by atoms with Crippen molar-refractivity contribution in [2.75, 3.05) is 18.2 Å². The van der Waals surface area contributed by atoms with Crippen LogP contribution >= 0.6 is 11.6 Å². The molecule has 3 rings (SSSR count). The number of nitrogens with two attached hydrogens (primary N) is 1. The van der Waals surface area contributed by atoms with Crippen LogP contribution in [-0.2, 0) is 4.74 Å². The fourth-order valence-corrected chi connectivity index (χ4v) is 2.75. The van der Waals surface area contributed by atoms with E-state index < -0.39 is 5.97 Å². The van der Waals surface area contributed by atoms with Gasteiger partial charge >= 0.3 is 5.97 Å². The Morgan fingerprint density at radius 2 is 1.82 bits per heavy atom. The molecule has 3 aromatic rings. The molecular weight excluding hydrogens is 380 g/mol. The Hall–Kier alpha value is -3.32. The van der Waals surface area contributed by atoms with Crippen molar-refractivity contribution in [3.8, 4) is 11.6 Å². The molecule has 0 aliphatic rings. The average molecular weight is 399 g/mol. The molecule has 2 aromatic carbocycles. The third-order valence-corrected chi connectivity index (χ3v) is 4.65. The molecule has 0 bridgehead atoms. The van der Waals surface area contributed by atoms with Gasteiger partial charge in [-0.05, 0) is 49.2 Å². The molecule has 0 amide bonds. The first-order valence-corrected chi connectivity index (χ1v) is 8.78. The van der Waals surface area contributed by atoms with Crippen LogP contribution in [0.3, 0.4) is 0 Å². The highest BCUT2D eigenvalue weighted by molar-refractivity contribution is 6.32. The van der Waals surface area contributed by atoms with Gasteiger partial charge in [0.25, 0.3) is 0 Å². The highest BCUT2D eigenvalue weighted by Gasteiger charge is 2.16. The molecule has 0 aliphatic carbocycles. The Labute approximate surface area is 167 Å². The number of hydrogen-bond acceptors (Lipinski definition) is 7. The summed E-state index contributed by atoms with van der Waals surface area (Å²) in [6.07, 6.45) is 1.32. The van der Waals surface area contributed by atoms with E-state index in [0.717, 1.165) is 11.1 Å². The average Bonchev–Trinajstić information content (AvgIpc) is 2.69. The molecule has 0 saturated heterocycles. The van der Waals surface area contributed by atoms with E-state index in [1.807, 2.05) is 13.8 Å². The monoisotopic (exact) mass is 398 g/mol. The predicted molar refractivity (Wildman–Crippen MR) is 109 cm³/mol. The van der Waals surface area contributed by atoms with Crippen LogP contribution in [0.1, 0.15) is 21.5 Å². The normalized spacial score (nSPS) is 10.4. The van der Waals surface area contributed by atoms with Crippen LogP contribution < -0.4 is 15.8 Å². The van der Waals surface area contributed by atoms with Crippen LogP contribution in [0.5, 0.6) is 11.6 Å². The molecule has 7 nitrogen and oxygen atoms in total. The standard InChI is InChI=1S/C20H19ClN4O3/c1-11-8-13(9-12(2)16(11)21)28-19-17(22)18(23-10-24-19)25-15-7-5-4-6-14(15)20(26)27-3/h4-10H,22H2,1-3H3,(H,23,24,25). The van der Waals surface area contributed by atoms with Gasteiger partial charge < -0.3 is 20.5 Å². The van der Waals surface area contributed by atoms with E-state index in [9.17, 15) is 4.79 Å². The van der Waals surface area contributed by atoms with Gasteiger partial charge in [0, 0.05) is 5.02 Å². The Bertz CT molecular complexity index is 1020.